The van der Waals surface area contributed by atoms with Gasteiger partial charge < -0.3 is 4.42 Å². The Hall–Kier alpha value is -2.37. The summed E-state index contributed by atoms with van der Waals surface area (Å²) in [5.74, 6) is -2.19. The van der Waals surface area contributed by atoms with Crippen LogP contribution in [-0.4, -0.2) is 22.1 Å². The number of nitrogens with zero attached hydrogens (tertiary/aromatic N) is 1. The van der Waals surface area contributed by atoms with Crippen LogP contribution in [0.15, 0.2) is 51.7 Å². The Balaban J connectivity index is 2.19. The summed E-state index contributed by atoms with van der Waals surface area (Å²) in [5, 5.41) is 0.114. The summed E-state index contributed by atoms with van der Waals surface area (Å²) >= 11 is 11.6. The van der Waals surface area contributed by atoms with Crippen LogP contribution in [0.1, 0.15) is 20.7 Å². The normalized spacial score (nSPS) is 10.9. The van der Waals surface area contributed by atoms with Crippen molar-refractivity contribution in [1.82, 2.24) is 4.57 Å². The first kappa shape index (κ1) is 15.5. The van der Waals surface area contributed by atoms with Gasteiger partial charge in [0.15, 0.2) is 11.4 Å². The summed E-state index contributed by atoms with van der Waals surface area (Å²) in [6.07, 6.45) is 0. The number of hydrogen-bond donors (Lipinski definition) is 0. The number of fused-ring (bicyclic) bond motifs is 1. The van der Waals surface area contributed by atoms with Gasteiger partial charge in [-0.3, -0.25) is 9.59 Å². The van der Waals surface area contributed by atoms with E-state index in [4.69, 9.17) is 27.6 Å². The monoisotopic (exact) mass is 349 g/mol. The fourth-order valence-corrected chi connectivity index (χ4v) is 2.62. The molecule has 0 spiro atoms. The van der Waals surface area contributed by atoms with Gasteiger partial charge in [0.2, 0.25) is 0 Å². The molecule has 0 radical (unpaired) electrons. The average Bonchev–Trinajstić information content (AvgIpc) is 2.88. The molecule has 0 aliphatic heterocycles. The first-order valence-corrected chi connectivity index (χ1v) is 7.48. The highest BCUT2D eigenvalue weighted by Gasteiger charge is 2.20. The van der Waals surface area contributed by atoms with Crippen molar-refractivity contribution in [2.45, 2.75) is 0 Å². The van der Waals surface area contributed by atoms with Gasteiger partial charge >= 0.3 is 5.76 Å². The first-order valence-electron chi connectivity index (χ1n) is 6.57. The summed E-state index contributed by atoms with van der Waals surface area (Å²) in [7, 11) is 0. The second-order valence-corrected chi connectivity index (χ2v) is 5.40. The van der Waals surface area contributed by atoms with Crippen molar-refractivity contribution in [2.24, 2.45) is 0 Å². The smallest absolute Gasteiger partial charge is 0.407 e. The molecule has 1 heterocycles. The number of ketones is 1. The van der Waals surface area contributed by atoms with Gasteiger partial charge in [0.1, 0.15) is 5.88 Å². The highest BCUT2D eigenvalue weighted by molar-refractivity contribution is 6.36. The molecule has 3 aromatic rings. The van der Waals surface area contributed by atoms with E-state index in [0.717, 1.165) is 4.57 Å². The third kappa shape index (κ3) is 2.69. The van der Waals surface area contributed by atoms with Crippen molar-refractivity contribution < 1.29 is 14.0 Å². The molecule has 3 rings (SSSR count). The van der Waals surface area contributed by atoms with E-state index < -0.39 is 11.7 Å². The first-order chi connectivity index (χ1) is 11.0. The van der Waals surface area contributed by atoms with E-state index in [1.165, 1.54) is 12.1 Å². The van der Waals surface area contributed by atoms with Gasteiger partial charge in [-0.25, -0.2) is 9.36 Å². The molecule has 0 aliphatic rings. The summed E-state index contributed by atoms with van der Waals surface area (Å²) in [4.78, 5) is 36.0. The van der Waals surface area contributed by atoms with E-state index in [9.17, 15) is 14.4 Å². The Morgan fingerprint density at radius 3 is 2.48 bits per heavy atom. The fourth-order valence-electron chi connectivity index (χ4n) is 2.25. The van der Waals surface area contributed by atoms with Gasteiger partial charge in [0.05, 0.1) is 10.5 Å². The van der Waals surface area contributed by atoms with E-state index in [-0.39, 0.29) is 33.3 Å². The molecule has 5 nitrogen and oxygen atoms in total. The molecule has 0 bridgehead atoms. The molecular weight excluding hydrogens is 341 g/mol. The molecule has 0 N–H and O–H groups in total. The molecule has 0 aliphatic carbocycles. The maximum Gasteiger partial charge on any atom is 0.426 e. The Labute approximate surface area is 140 Å². The number of hydrogen-bond acceptors (Lipinski definition) is 4. The largest absolute Gasteiger partial charge is 0.426 e. The highest BCUT2D eigenvalue weighted by Crippen LogP contribution is 2.26. The minimum absolute atomic E-state index is 0.0946. The van der Waals surface area contributed by atoms with Crippen LogP contribution in [0, 0.1) is 0 Å². The van der Waals surface area contributed by atoms with Crippen LogP contribution in [0.5, 0.6) is 0 Å². The van der Waals surface area contributed by atoms with Crippen molar-refractivity contribution in [1.29, 1.82) is 0 Å². The molecule has 0 unspecified atom stereocenters. The summed E-state index contributed by atoms with van der Waals surface area (Å²) in [5.41, 5.74) is 0.907. The number of carbonyl (C=O) groups is 2. The van der Waals surface area contributed by atoms with Gasteiger partial charge in [-0.1, -0.05) is 41.9 Å². The lowest BCUT2D eigenvalue weighted by Crippen LogP contribution is -2.23. The van der Waals surface area contributed by atoms with Gasteiger partial charge in [0, 0.05) is 11.1 Å². The van der Waals surface area contributed by atoms with Crippen molar-refractivity contribution in [2.75, 3.05) is 5.88 Å². The van der Waals surface area contributed by atoms with E-state index in [2.05, 4.69) is 0 Å². The van der Waals surface area contributed by atoms with E-state index in [1.54, 1.807) is 30.3 Å². The molecule has 0 fully saturated rings. The zero-order valence-electron chi connectivity index (χ0n) is 11.6. The zero-order chi connectivity index (χ0) is 16.6. The molecule has 1 aromatic heterocycles. The van der Waals surface area contributed by atoms with Crippen LogP contribution in [0.25, 0.3) is 11.1 Å². The Kier molecular flexibility index (Phi) is 4.07. The van der Waals surface area contributed by atoms with Gasteiger partial charge in [-0.2, -0.15) is 0 Å². The molecule has 0 atom stereocenters. The number of halogens is 2. The third-order valence-electron chi connectivity index (χ3n) is 3.31. The quantitative estimate of drug-likeness (QED) is 0.537. The van der Waals surface area contributed by atoms with Crippen LogP contribution < -0.4 is 5.76 Å². The summed E-state index contributed by atoms with van der Waals surface area (Å²) in [6, 6.07) is 11.3. The molecule has 116 valence electrons. The molecular formula is C16H9Cl2NO4. The molecule has 2 aromatic carbocycles. The maximum atomic E-state index is 12.5. The van der Waals surface area contributed by atoms with Crippen LogP contribution in [0.2, 0.25) is 5.02 Å². The van der Waals surface area contributed by atoms with Gasteiger partial charge in [-0.05, 0) is 12.1 Å². The minimum atomic E-state index is -0.869. The van der Waals surface area contributed by atoms with E-state index in [0.29, 0.717) is 5.56 Å². The molecule has 23 heavy (non-hydrogen) atoms. The van der Waals surface area contributed by atoms with Crippen LogP contribution in [-0.2, 0) is 0 Å². The average molecular weight is 350 g/mol. The lowest BCUT2D eigenvalue weighted by molar-refractivity contribution is 0.0936. The maximum absolute atomic E-state index is 12.5. The number of alkyl halides is 1. The SMILES string of the molecule is O=C(c1ccccc1)c1cc2oc(=O)n(C(=O)CCl)c2cc1Cl. The van der Waals surface area contributed by atoms with Crippen LogP contribution >= 0.6 is 23.2 Å². The molecule has 0 amide bonds. The minimum Gasteiger partial charge on any atom is -0.407 e. The predicted molar refractivity (Wildman–Crippen MR) is 86.7 cm³/mol. The Morgan fingerprint density at radius 1 is 1.13 bits per heavy atom. The van der Waals surface area contributed by atoms with Crippen molar-refractivity contribution >= 4 is 46.0 Å². The lowest BCUT2D eigenvalue weighted by atomic mass is 10.0. The number of oxazole rings is 1. The molecule has 7 heteroatoms. The van der Waals surface area contributed by atoms with Gasteiger partial charge in [0.25, 0.3) is 5.91 Å². The number of aromatic nitrogens is 1. The molecule has 0 saturated heterocycles. The number of carbonyl (C=O) groups excluding carboxylic acids is 2. The van der Waals surface area contributed by atoms with Crippen molar-refractivity contribution in [3.8, 4) is 0 Å². The second kappa shape index (κ2) is 6.02. The standard InChI is InChI=1S/C16H9Cl2NO4/c17-8-14(20)19-12-7-11(18)10(6-13(12)23-16(19)22)15(21)9-4-2-1-3-5-9/h1-7H,8H2. The van der Waals surface area contributed by atoms with Crippen molar-refractivity contribution in [3.63, 3.8) is 0 Å². The van der Waals surface area contributed by atoms with Crippen LogP contribution in [0.4, 0.5) is 0 Å². The summed E-state index contributed by atoms with van der Waals surface area (Å²) in [6.45, 7) is 0. The number of rotatable bonds is 3. The lowest BCUT2D eigenvalue weighted by Gasteiger charge is -2.04. The van der Waals surface area contributed by atoms with E-state index in [1.807, 2.05) is 0 Å². The Bertz CT molecular complexity index is 973. The van der Waals surface area contributed by atoms with Gasteiger partial charge in [-0.15, -0.1) is 11.6 Å². The fraction of sp³-hybridized carbons (Fsp3) is 0.0625. The predicted octanol–water partition coefficient (Wildman–Crippen LogP) is 3.36. The third-order valence-corrected chi connectivity index (χ3v) is 3.86. The Morgan fingerprint density at radius 2 is 1.83 bits per heavy atom. The second-order valence-electron chi connectivity index (χ2n) is 4.73. The van der Waals surface area contributed by atoms with Crippen molar-refractivity contribution in [3.05, 3.63) is 69.2 Å². The summed E-state index contributed by atoms with van der Waals surface area (Å²) < 4.78 is 5.82. The van der Waals surface area contributed by atoms with Crippen LogP contribution in [0.3, 0.4) is 0 Å². The van der Waals surface area contributed by atoms with E-state index >= 15 is 0 Å². The topological polar surface area (TPSA) is 69.3 Å². The zero-order valence-corrected chi connectivity index (χ0v) is 13.1. The number of benzene rings is 2. The molecule has 0 saturated carbocycles. The highest BCUT2D eigenvalue weighted by atomic mass is 35.5.